The molecular weight excluding hydrogens is 197 g/mol. The molecule has 1 aliphatic rings. The maximum absolute atomic E-state index is 13.5. The molecule has 0 amide bonds. The second-order valence-electron chi connectivity index (χ2n) is 3.32. The topological polar surface area (TPSA) is 40.5 Å². The van der Waals surface area contributed by atoms with E-state index in [1.807, 2.05) is 12.2 Å². The lowest BCUT2D eigenvalue weighted by Crippen LogP contribution is -2.22. The molecule has 0 radical (unpaired) electrons. The van der Waals surface area contributed by atoms with E-state index in [-0.39, 0.29) is 11.3 Å². The Labute approximate surface area is 86.4 Å². The number of carboxylic acids is 1. The van der Waals surface area contributed by atoms with Crippen LogP contribution < -0.4 is 4.90 Å². The van der Waals surface area contributed by atoms with Crippen molar-refractivity contribution in [3.05, 3.63) is 41.7 Å². The van der Waals surface area contributed by atoms with Gasteiger partial charge in [-0.25, -0.2) is 9.18 Å². The molecule has 1 aliphatic heterocycles. The second-order valence-corrected chi connectivity index (χ2v) is 3.32. The van der Waals surface area contributed by atoms with Crippen LogP contribution in [0.1, 0.15) is 10.4 Å². The van der Waals surface area contributed by atoms with Gasteiger partial charge in [-0.3, -0.25) is 0 Å². The molecule has 15 heavy (non-hydrogen) atoms. The van der Waals surface area contributed by atoms with Crippen molar-refractivity contribution in [1.29, 1.82) is 0 Å². The van der Waals surface area contributed by atoms with E-state index in [0.29, 0.717) is 13.1 Å². The van der Waals surface area contributed by atoms with Crippen LogP contribution in [-0.4, -0.2) is 24.2 Å². The predicted octanol–water partition coefficient (Wildman–Crippen LogP) is 1.90. The van der Waals surface area contributed by atoms with E-state index in [1.165, 1.54) is 18.2 Å². The minimum absolute atomic E-state index is 0.0127. The van der Waals surface area contributed by atoms with Gasteiger partial charge < -0.3 is 10.0 Å². The Morgan fingerprint density at radius 1 is 1.33 bits per heavy atom. The number of anilines is 1. The van der Waals surface area contributed by atoms with Crippen molar-refractivity contribution in [2.45, 2.75) is 0 Å². The van der Waals surface area contributed by atoms with E-state index in [1.54, 1.807) is 4.90 Å². The van der Waals surface area contributed by atoms with Crippen molar-refractivity contribution in [3.63, 3.8) is 0 Å². The van der Waals surface area contributed by atoms with E-state index in [2.05, 4.69) is 0 Å². The van der Waals surface area contributed by atoms with Gasteiger partial charge in [0.05, 0.1) is 11.3 Å². The van der Waals surface area contributed by atoms with Gasteiger partial charge in [0, 0.05) is 13.1 Å². The Kier molecular flexibility index (Phi) is 2.41. The fourth-order valence-corrected chi connectivity index (χ4v) is 1.67. The molecule has 0 unspecified atom stereocenters. The van der Waals surface area contributed by atoms with Crippen LogP contribution in [0.4, 0.5) is 10.1 Å². The van der Waals surface area contributed by atoms with Gasteiger partial charge in [-0.2, -0.15) is 0 Å². The van der Waals surface area contributed by atoms with Crippen LogP contribution in [0.3, 0.4) is 0 Å². The Bertz CT molecular complexity index is 421. The smallest absolute Gasteiger partial charge is 0.337 e. The Morgan fingerprint density at radius 2 is 2.00 bits per heavy atom. The summed E-state index contributed by atoms with van der Waals surface area (Å²) in [5, 5.41) is 8.94. The minimum Gasteiger partial charge on any atom is -0.478 e. The molecule has 0 spiro atoms. The van der Waals surface area contributed by atoms with Gasteiger partial charge in [-0.1, -0.05) is 18.2 Å². The molecule has 1 heterocycles. The molecule has 0 aromatic heterocycles. The molecular formula is C11H10FNO2. The van der Waals surface area contributed by atoms with E-state index in [0.717, 1.165) is 0 Å². The summed E-state index contributed by atoms with van der Waals surface area (Å²) in [6.07, 6.45) is 3.77. The molecule has 3 nitrogen and oxygen atoms in total. The van der Waals surface area contributed by atoms with Crippen LogP contribution in [0, 0.1) is 5.82 Å². The number of para-hydroxylation sites is 1. The molecule has 0 saturated heterocycles. The molecule has 0 fully saturated rings. The van der Waals surface area contributed by atoms with Crippen molar-refractivity contribution in [2.75, 3.05) is 18.0 Å². The van der Waals surface area contributed by atoms with Gasteiger partial charge in [0.1, 0.15) is 5.82 Å². The number of hydrogen-bond donors (Lipinski definition) is 1. The summed E-state index contributed by atoms with van der Waals surface area (Å²) >= 11 is 0. The van der Waals surface area contributed by atoms with Crippen molar-refractivity contribution in [2.24, 2.45) is 0 Å². The molecule has 4 heteroatoms. The van der Waals surface area contributed by atoms with Gasteiger partial charge in [0.2, 0.25) is 0 Å². The first-order chi connectivity index (χ1) is 7.20. The summed E-state index contributed by atoms with van der Waals surface area (Å²) in [5.74, 6) is -1.59. The number of carboxylic acid groups (broad SMARTS) is 1. The van der Waals surface area contributed by atoms with Gasteiger partial charge in [-0.15, -0.1) is 0 Å². The van der Waals surface area contributed by atoms with Crippen LogP contribution in [0.2, 0.25) is 0 Å². The largest absolute Gasteiger partial charge is 0.478 e. The highest BCUT2D eigenvalue weighted by Crippen LogP contribution is 2.25. The van der Waals surface area contributed by atoms with Crippen LogP contribution in [0.5, 0.6) is 0 Å². The normalized spacial score (nSPS) is 14.6. The third-order valence-corrected chi connectivity index (χ3v) is 2.35. The number of hydrogen-bond acceptors (Lipinski definition) is 2. The van der Waals surface area contributed by atoms with E-state index < -0.39 is 11.8 Å². The fraction of sp³-hybridized carbons (Fsp3) is 0.182. The lowest BCUT2D eigenvalue weighted by atomic mass is 10.1. The molecule has 78 valence electrons. The monoisotopic (exact) mass is 207 g/mol. The zero-order valence-electron chi connectivity index (χ0n) is 7.98. The fourth-order valence-electron chi connectivity index (χ4n) is 1.67. The second kappa shape index (κ2) is 3.73. The van der Waals surface area contributed by atoms with Crippen molar-refractivity contribution >= 4 is 11.7 Å². The van der Waals surface area contributed by atoms with Crippen LogP contribution in [0.15, 0.2) is 30.4 Å². The lowest BCUT2D eigenvalue weighted by Gasteiger charge is -2.20. The first kappa shape index (κ1) is 9.71. The Morgan fingerprint density at radius 3 is 2.60 bits per heavy atom. The maximum atomic E-state index is 13.5. The summed E-state index contributed by atoms with van der Waals surface area (Å²) in [7, 11) is 0. The zero-order valence-corrected chi connectivity index (χ0v) is 7.98. The van der Waals surface area contributed by atoms with Gasteiger partial charge in [0.25, 0.3) is 0 Å². The average molecular weight is 207 g/mol. The van der Waals surface area contributed by atoms with Crippen molar-refractivity contribution in [1.82, 2.24) is 0 Å². The molecule has 1 aromatic carbocycles. The third-order valence-electron chi connectivity index (χ3n) is 2.35. The van der Waals surface area contributed by atoms with Gasteiger partial charge in [0.15, 0.2) is 0 Å². The van der Waals surface area contributed by atoms with Crippen LogP contribution in [0.25, 0.3) is 0 Å². The van der Waals surface area contributed by atoms with Crippen LogP contribution in [-0.2, 0) is 0 Å². The molecule has 1 N–H and O–H groups in total. The summed E-state index contributed by atoms with van der Waals surface area (Å²) in [5.41, 5.74) is 0.189. The zero-order chi connectivity index (χ0) is 10.8. The summed E-state index contributed by atoms with van der Waals surface area (Å²) < 4.78 is 13.5. The summed E-state index contributed by atoms with van der Waals surface area (Å²) in [4.78, 5) is 12.6. The number of rotatable bonds is 2. The van der Waals surface area contributed by atoms with E-state index >= 15 is 0 Å². The van der Waals surface area contributed by atoms with Crippen molar-refractivity contribution in [3.8, 4) is 0 Å². The molecule has 0 aliphatic carbocycles. The first-order valence-corrected chi connectivity index (χ1v) is 4.62. The SMILES string of the molecule is O=C(O)c1cccc(F)c1N1CC=CC1. The standard InChI is InChI=1S/C11H10FNO2/c12-9-5-3-4-8(11(14)15)10(9)13-6-1-2-7-13/h1-5H,6-7H2,(H,14,15). The summed E-state index contributed by atoms with van der Waals surface area (Å²) in [6, 6.07) is 4.10. The quantitative estimate of drug-likeness (QED) is 0.753. The van der Waals surface area contributed by atoms with E-state index in [9.17, 15) is 9.18 Å². The molecule has 0 atom stereocenters. The molecule has 0 bridgehead atoms. The maximum Gasteiger partial charge on any atom is 0.337 e. The minimum atomic E-state index is -1.10. The highest BCUT2D eigenvalue weighted by Gasteiger charge is 2.20. The number of aromatic carboxylic acids is 1. The highest BCUT2D eigenvalue weighted by atomic mass is 19.1. The molecule has 2 rings (SSSR count). The number of nitrogens with zero attached hydrogens (tertiary/aromatic N) is 1. The average Bonchev–Trinajstić information content (AvgIpc) is 2.70. The predicted molar refractivity (Wildman–Crippen MR) is 54.7 cm³/mol. The highest BCUT2D eigenvalue weighted by molar-refractivity contribution is 5.94. The third kappa shape index (κ3) is 1.70. The molecule has 0 saturated carbocycles. The van der Waals surface area contributed by atoms with E-state index in [4.69, 9.17) is 5.11 Å². The Hall–Kier alpha value is -1.84. The number of benzene rings is 1. The van der Waals surface area contributed by atoms with Crippen molar-refractivity contribution < 1.29 is 14.3 Å². The van der Waals surface area contributed by atoms with Gasteiger partial charge in [-0.05, 0) is 12.1 Å². The number of halogens is 1. The molecule has 1 aromatic rings. The Balaban J connectivity index is 2.47. The first-order valence-electron chi connectivity index (χ1n) is 4.62. The van der Waals surface area contributed by atoms with Gasteiger partial charge >= 0.3 is 5.97 Å². The van der Waals surface area contributed by atoms with Crippen LogP contribution >= 0.6 is 0 Å². The summed E-state index contributed by atoms with van der Waals surface area (Å²) in [6.45, 7) is 1.11. The lowest BCUT2D eigenvalue weighted by molar-refractivity contribution is 0.0697. The number of carbonyl (C=O) groups is 1.